The van der Waals surface area contributed by atoms with Gasteiger partial charge in [-0.25, -0.2) is 0 Å². The molecule has 4 N–H and O–H groups in total. The summed E-state index contributed by atoms with van der Waals surface area (Å²) in [5.74, 6) is -0.897. The third-order valence-corrected chi connectivity index (χ3v) is 12.0. The van der Waals surface area contributed by atoms with Crippen LogP contribution in [0.15, 0.2) is 11.6 Å². The number of hydrogen-bond acceptors (Lipinski definition) is 7. The number of rotatable bonds is 6. The van der Waals surface area contributed by atoms with E-state index in [2.05, 4.69) is 33.8 Å². The molecule has 7 heteroatoms. The maximum atomic E-state index is 14.1. The van der Waals surface area contributed by atoms with Crippen molar-refractivity contribution in [2.45, 2.75) is 130 Å². The third kappa shape index (κ3) is 4.64. The van der Waals surface area contributed by atoms with E-state index in [9.17, 15) is 30.0 Å². The minimum atomic E-state index is -1.65. The molecule has 3 saturated carbocycles. The molecule has 4 rings (SSSR count). The third-order valence-electron chi connectivity index (χ3n) is 12.0. The van der Waals surface area contributed by atoms with E-state index in [1.54, 1.807) is 20.8 Å². The van der Waals surface area contributed by atoms with Gasteiger partial charge in [-0.15, -0.1) is 0 Å². The van der Waals surface area contributed by atoms with Crippen molar-refractivity contribution in [3.8, 4) is 0 Å². The summed E-state index contributed by atoms with van der Waals surface area (Å²) in [6.45, 7) is 16.9. The van der Waals surface area contributed by atoms with E-state index in [0.717, 1.165) is 6.42 Å². The lowest BCUT2D eigenvalue weighted by Crippen LogP contribution is -2.62. The first-order chi connectivity index (χ1) is 17.7. The van der Waals surface area contributed by atoms with E-state index in [0.29, 0.717) is 19.3 Å². The first-order valence-corrected chi connectivity index (χ1v) is 14.9. The molecule has 0 radical (unpaired) electrons. The number of Topliss-reactive ketones (excluding diaryl/α,β-unsaturated/α-hetero) is 1. The molecule has 0 bridgehead atoms. The molecular weight excluding hydrogens is 496 g/mol. The Morgan fingerprint density at radius 1 is 1.15 bits per heavy atom. The molecule has 0 aliphatic heterocycles. The summed E-state index contributed by atoms with van der Waals surface area (Å²) in [7, 11) is 0. The Labute approximate surface area is 234 Å². The molecule has 0 aromatic rings. The molecule has 0 heterocycles. The number of hydrogen-bond donors (Lipinski definition) is 4. The fourth-order valence-electron chi connectivity index (χ4n) is 9.95. The number of carbonyl (C=O) groups is 2. The van der Waals surface area contributed by atoms with Gasteiger partial charge in [-0.05, 0) is 81.5 Å². The van der Waals surface area contributed by atoms with E-state index in [1.807, 2.05) is 6.92 Å². The summed E-state index contributed by atoms with van der Waals surface area (Å²) in [5, 5.41) is 45.7. The van der Waals surface area contributed by atoms with Crippen molar-refractivity contribution >= 4 is 11.8 Å². The smallest absolute Gasteiger partial charge is 0.303 e. The fraction of sp³-hybridized carbons (Fsp3) is 0.875. The highest BCUT2D eigenvalue weighted by Crippen LogP contribution is 2.71. The van der Waals surface area contributed by atoms with Crippen LogP contribution in [0.5, 0.6) is 0 Å². The van der Waals surface area contributed by atoms with Gasteiger partial charge in [0, 0.05) is 30.6 Å². The molecule has 3 fully saturated rings. The van der Waals surface area contributed by atoms with Gasteiger partial charge in [-0.3, -0.25) is 9.59 Å². The van der Waals surface area contributed by atoms with Gasteiger partial charge in [-0.2, -0.15) is 0 Å². The van der Waals surface area contributed by atoms with Crippen LogP contribution in [0.1, 0.15) is 101 Å². The molecule has 0 aromatic carbocycles. The summed E-state index contributed by atoms with van der Waals surface area (Å²) in [6, 6.07) is 0. The minimum Gasteiger partial charge on any atom is -0.460 e. The number of fused-ring (bicyclic) bond motifs is 5. The summed E-state index contributed by atoms with van der Waals surface area (Å²) in [4.78, 5) is 25.6. The van der Waals surface area contributed by atoms with E-state index >= 15 is 0 Å². The van der Waals surface area contributed by atoms with Crippen molar-refractivity contribution in [1.82, 2.24) is 0 Å². The zero-order valence-electron chi connectivity index (χ0n) is 25.5. The topological polar surface area (TPSA) is 124 Å². The van der Waals surface area contributed by atoms with Crippen LogP contribution in [0.3, 0.4) is 0 Å². The van der Waals surface area contributed by atoms with E-state index in [4.69, 9.17) is 4.74 Å². The standard InChI is InChI=1S/C32H52O7/c1-17-14-19-20(29(5,6)27(17)37)10-11-21-25(19)22(34)15-31(8)26(23(35)16-30(21,31)7)32(9,38)24(36)12-13-28(3,4)39-18(2)33/h10,17,19,21,23-27,35-38H,11-16H2,1-9H3/t17?,19-,21?,23-,24?,25?,26+,27-,30+,31?,32+/m1/s1. The van der Waals surface area contributed by atoms with Gasteiger partial charge in [-0.1, -0.05) is 46.3 Å². The van der Waals surface area contributed by atoms with Gasteiger partial charge in [0.25, 0.3) is 0 Å². The van der Waals surface area contributed by atoms with Gasteiger partial charge in [0.1, 0.15) is 11.4 Å². The van der Waals surface area contributed by atoms with E-state index in [-0.39, 0.29) is 47.7 Å². The summed E-state index contributed by atoms with van der Waals surface area (Å²) in [6.07, 6.45) is 2.50. The number of esters is 1. The minimum absolute atomic E-state index is 0.0197. The Hall–Kier alpha value is -1.28. The van der Waals surface area contributed by atoms with Crippen molar-refractivity contribution in [3.05, 3.63) is 11.6 Å². The number of allylic oxidation sites excluding steroid dienone is 1. The number of ether oxygens (including phenoxy) is 1. The highest BCUT2D eigenvalue weighted by molar-refractivity contribution is 5.85. The van der Waals surface area contributed by atoms with Gasteiger partial charge in [0.05, 0.1) is 23.9 Å². The quantitative estimate of drug-likeness (QED) is 0.290. The van der Waals surface area contributed by atoms with Crippen molar-refractivity contribution in [3.63, 3.8) is 0 Å². The number of aliphatic hydroxyl groups is 4. The summed E-state index contributed by atoms with van der Waals surface area (Å²) in [5.41, 5.74) is -2.76. The van der Waals surface area contributed by atoms with Crippen LogP contribution in [0, 0.1) is 45.8 Å². The van der Waals surface area contributed by atoms with Crippen molar-refractivity contribution < 1.29 is 34.8 Å². The molecular formula is C32H52O7. The second-order valence-electron chi connectivity index (χ2n) is 15.4. The first kappa shape index (κ1) is 30.7. The Balaban J connectivity index is 1.65. The second-order valence-corrected chi connectivity index (χ2v) is 15.4. The van der Waals surface area contributed by atoms with Crippen LogP contribution >= 0.6 is 0 Å². The maximum Gasteiger partial charge on any atom is 0.303 e. The summed E-state index contributed by atoms with van der Waals surface area (Å²) >= 11 is 0. The predicted molar refractivity (Wildman–Crippen MR) is 148 cm³/mol. The second kappa shape index (κ2) is 9.64. The average Bonchev–Trinajstić information content (AvgIpc) is 3.00. The van der Waals surface area contributed by atoms with E-state index < -0.39 is 52.2 Å². The fourth-order valence-corrected chi connectivity index (χ4v) is 9.95. The van der Waals surface area contributed by atoms with Crippen LogP contribution in [0.4, 0.5) is 0 Å². The predicted octanol–water partition coefficient (Wildman–Crippen LogP) is 4.19. The normalized spacial score (nSPS) is 43.9. The molecule has 0 spiro atoms. The molecule has 39 heavy (non-hydrogen) atoms. The lowest BCUT2D eigenvalue weighted by molar-refractivity contribution is -0.186. The van der Waals surface area contributed by atoms with Crippen LogP contribution in [0.2, 0.25) is 0 Å². The van der Waals surface area contributed by atoms with Crippen LogP contribution in [-0.4, -0.2) is 61.7 Å². The zero-order valence-corrected chi connectivity index (χ0v) is 25.5. The van der Waals surface area contributed by atoms with Gasteiger partial charge in [0.2, 0.25) is 0 Å². The molecule has 4 aliphatic carbocycles. The van der Waals surface area contributed by atoms with Gasteiger partial charge < -0.3 is 25.2 Å². The molecule has 0 saturated heterocycles. The zero-order chi connectivity index (χ0) is 29.5. The Morgan fingerprint density at radius 2 is 1.77 bits per heavy atom. The molecule has 7 nitrogen and oxygen atoms in total. The Kier molecular flexibility index (Phi) is 7.58. The lowest BCUT2D eigenvalue weighted by atomic mass is 9.42. The largest absolute Gasteiger partial charge is 0.460 e. The first-order valence-electron chi connectivity index (χ1n) is 14.9. The van der Waals surface area contributed by atoms with Crippen molar-refractivity contribution in [1.29, 1.82) is 0 Å². The highest BCUT2D eigenvalue weighted by Gasteiger charge is 2.71. The monoisotopic (exact) mass is 548 g/mol. The van der Waals surface area contributed by atoms with E-state index in [1.165, 1.54) is 12.5 Å². The number of ketones is 1. The van der Waals surface area contributed by atoms with Crippen LogP contribution < -0.4 is 0 Å². The molecule has 0 aromatic heterocycles. The lowest BCUT2D eigenvalue weighted by Gasteiger charge is -2.61. The van der Waals surface area contributed by atoms with Crippen LogP contribution in [-0.2, 0) is 14.3 Å². The maximum absolute atomic E-state index is 14.1. The Bertz CT molecular complexity index is 1030. The molecule has 4 aliphatic rings. The molecule has 5 unspecified atom stereocenters. The SMILES string of the molecule is CC(=O)OC(C)(C)CCC(O)[C@](C)(O)[C@H]1[C@H](O)C[C@@]2(C)C3CC=C4[C@@H](CC(C)[C@@H](O)C4(C)C)C3C(=O)CC12C. The van der Waals surface area contributed by atoms with Gasteiger partial charge >= 0.3 is 5.97 Å². The molecule has 222 valence electrons. The number of carbonyl (C=O) groups excluding carboxylic acids is 2. The van der Waals surface area contributed by atoms with Crippen molar-refractivity contribution in [2.24, 2.45) is 45.8 Å². The summed E-state index contributed by atoms with van der Waals surface area (Å²) < 4.78 is 5.37. The number of aliphatic hydroxyl groups excluding tert-OH is 3. The van der Waals surface area contributed by atoms with Crippen LogP contribution in [0.25, 0.3) is 0 Å². The average molecular weight is 549 g/mol. The van der Waals surface area contributed by atoms with Crippen molar-refractivity contribution in [2.75, 3.05) is 0 Å². The Morgan fingerprint density at radius 3 is 2.36 bits per heavy atom. The molecule has 11 atom stereocenters. The van der Waals surface area contributed by atoms with Gasteiger partial charge in [0.15, 0.2) is 0 Å². The molecule has 0 amide bonds. The highest BCUT2D eigenvalue weighted by atomic mass is 16.6.